The molecule has 7 nitrogen and oxygen atoms in total. The average Bonchev–Trinajstić information content (AvgIpc) is 3.35. The smallest absolute Gasteiger partial charge is 0.419 e. The number of halogens is 1. The molecule has 0 radical (unpaired) electrons. The molecule has 0 bridgehead atoms. The van der Waals surface area contributed by atoms with E-state index in [0.717, 1.165) is 52.7 Å². The minimum atomic E-state index is -0.724. The molecule has 40 heavy (non-hydrogen) atoms. The summed E-state index contributed by atoms with van der Waals surface area (Å²) in [4.78, 5) is 27.5. The van der Waals surface area contributed by atoms with Gasteiger partial charge in [0.1, 0.15) is 17.5 Å². The number of rotatable bonds is 5. The van der Waals surface area contributed by atoms with Crippen molar-refractivity contribution in [2.45, 2.75) is 77.7 Å². The van der Waals surface area contributed by atoms with E-state index in [2.05, 4.69) is 4.90 Å². The zero-order valence-electron chi connectivity index (χ0n) is 24.3. The normalized spacial score (nSPS) is 23.2. The zero-order valence-corrected chi connectivity index (χ0v) is 24.3. The Morgan fingerprint density at radius 3 is 2.38 bits per heavy atom. The van der Waals surface area contributed by atoms with E-state index in [-0.39, 0.29) is 17.4 Å². The number of benzene rings is 2. The van der Waals surface area contributed by atoms with Crippen molar-refractivity contribution >= 4 is 23.0 Å². The monoisotopic (exact) mass is 550 g/mol. The molecule has 1 saturated carbocycles. The third-order valence-electron chi connectivity index (χ3n) is 8.42. The largest absolute Gasteiger partial charge is 0.496 e. The summed E-state index contributed by atoms with van der Waals surface area (Å²) in [6, 6.07) is 11.5. The molecule has 1 saturated heterocycles. The quantitative estimate of drug-likeness (QED) is 0.319. The summed E-state index contributed by atoms with van der Waals surface area (Å²) in [7, 11) is 3.04. The minimum Gasteiger partial charge on any atom is -0.496 e. The number of hydrogen-bond donors (Lipinski definition) is 0. The van der Waals surface area contributed by atoms with Gasteiger partial charge in [-0.25, -0.2) is 14.0 Å². The number of methoxy groups -OCH3 is 2. The maximum atomic E-state index is 14.1. The molecule has 2 aromatic carbocycles. The first-order valence-corrected chi connectivity index (χ1v) is 13.9. The van der Waals surface area contributed by atoms with Crippen LogP contribution in [0.4, 0.5) is 9.18 Å². The van der Waals surface area contributed by atoms with Crippen LogP contribution in [0.15, 0.2) is 42.6 Å². The molecule has 8 heteroatoms. The van der Waals surface area contributed by atoms with E-state index in [9.17, 15) is 14.0 Å². The van der Waals surface area contributed by atoms with Gasteiger partial charge in [-0.1, -0.05) is 12.1 Å². The van der Waals surface area contributed by atoms with E-state index >= 15 is 0 Å². The number of aryl methyl sites for hydroxylation is 1. The average molecular weight is 551 g/mol. The molecule has 0 amide bonds. The van der Waals surface area contributed by atoms with Crippen molar-refractivity contribution < 1.29 is 28.2 Å². The molecule has 1 atom stereocenters. The topological polar surface area (TPSA) is 70.0 Å². The molecule has 2 fully saturated rings. The predicted molar refractivity (Wildman–Crippen MR) is 152 cm³/mol. The lowest BCUT2D eigenvalue weighted by Gasteiger charge is -2.53. The van der Waals surface area contributed by atoms with E-state index in [1.165, 1.54) is 7.11 Å². The summed E-state index contributed by atoms with van der Waals surface area (Å²) >= 11 is 0. The predicted octanol–water partition coefficient (Wildman–Crippen LogP) is 6.98. The lowest BCUT2D eigenvalue weighted by molar-refractivity contribution is -0.0560. The van der Waals surface area contributed by atoms with Gasteiger partial charge in [0.2, 0.25) is 0 Å². The molecular weight excluding hydrogens is 511 g/mol. The maximum absolute atomic E-state index is 14.1. The maximum Gasteiger partial charge on any atom is 0.419 e. The molecule has 0 N–H and O–H groups in total. The second kappa shape index (κ2) is 10.5. The van der Waals surface area contributed by atoms with Crippen molar-refractivity contribution in [1.82, 2.24) is 9.47 Å². The van der Waals surface area contributed by atoms with Crippen LogP contribution in [-0.2, 0) is 16.0 Å². The second-order valence-corrected chi connectivity index (χ2v) is 12.4. The Morgan fingerprint density at radius 1 is 1.07 bits per heavy atom. The van der Waals surface area contributed by atoms with Gasteiger partial charge in [0, 0.05) is 29.7 Å². The highest BCUT2D eigenvalue weighted by Gasteiger charge is 2.49. The molecule has 2 heterocycles. The molecule has 2 aliphatic rings. The van der Waals surface area contributed by atoms with Gasteiger partial charge < -0.3 is 14.2 Å². The summed E-state index contributed by atoms with van der Waals surface area (Å²) in [5.41, 5.74) is 3.70. The minimum absolute atomic E-state index is 0.00826. The first kappa shape index (κ1) is 28.1. The van der Waals surface area contributed by atoms with Crippen molar-refractivity contribution in [2.24, 2.45) is 5.41 Å². The number of alkyl halides is 1. The Bertz CT molecular complexity index is 1420. The van der Waals surface area contributed by atoms with E-state index in [0.29, 0.717) is 24.9 Å². The molecule has 1 aromatic heterocycles. The van der Waals surface area contributed by atoms with Gasteiger partial charge in [0.15, 0.2) is 0 Å². The van der Waals surface area contributed by atoms with Crippen LogP contribution < -0.4 is 4.74 Å². The van der Waals surface area contributed by atoms with E-state index in [1.54, 1.807) is 30.0 Å². The van der Waals surface area contributed by atoms with Gasteiger partial charge in [-0.15, -0.1) is 0 Å². The third-order valence-corrected chi connectivity index (χ3v) is 8.42. The Kier molecular flexibility index (Phi) is 7.42. The second-order valence-electron chi connectivity index (χ2n) is 12.4. The lowest BCUT2D eigenvalue weighted by atomic mass is 9.60. The van der Waals surface area contributed by atoms with Crippen LogP contribution in [0, 0.1) is 12.3 Å². The van der Waals surface area contributed by atoms with Crippen LogP contribution >= 0.6 is 0 Å². The summed E-state index contributed by atoms with van der Waals surface area (Å²) in [5.74, 6) is 0.392. The molecule has 1 aliphatic heterocycles. The van der Waals surface area contributed by atoms with Crippen LogP contribution in [-0.4, -0.2) is 54.1 Å². The highest BCUT2D eigenvalue weighted by molar-refractivity contribution is 5.95. The van der Waals surface area contributed by atoms with Gasteiger partial charge in [-0.2, -0.15) is 0 Å². The number of fused-ring (bicyclic) bond motifs is 1. The molecule has 1 aliphatic carbocycles. The summed E-state index contributed by atoms with van der Waals surface area (Å²) < 4.78 is 32.0. The fourth-order valence-electron chi connectivity index (χ4n) is 6.48. The molecule has 1 unspecified atom stereocenters. The number of aromatic nitrogens is 1. The first-order valence-electron chi connectivity index (χ1n) is 13.9. The van der Waals surface area contributed by atoms with Crippen molar-refractivity contribution in [3.05, 3.63) is 64.8 Å². The van der Waals surface area contributed by atoms with Crippen molar-refractivity contribution in [3.63, 3.8) is 0 Å². The first-order chi connectivity index (χ1) is 18.9. The summed E-state index contributed by atoms with van der Waals surface area (Å²) in [6.07, 6.45) is 3.61. The third kappa shape index (κ3) is 5.33. The Morgan fingerprint density at radius 2 is 1.77 bits per heavy atom. The van der Waals surface area contributed by atoms with Crippen molar-refractivity contribution in [2.75, 3.05) is 20.8 Å². The summed E-state index contributed by atoms with van der Waals surface area (Å²) in [6.45, 7) is 8.93. The van der Waals surface area contributed by atoms with Gasteiger partial charge in [0.25, 0.3) is 0 Å². The van der Waals surface area contributed by atoms with Gasteiger partial charge in [-0.05, 0) is 101 Å². The summed E-state index contributed by atoms with van der Waals surface area (Å²) in [5, 5.41) is 0.940. The number of hydrogen-bond acceptors (Lipinski definition) is 6. The van der Waals surface area contributed by atoms with Crippen LogP contribution in [0.3, 0.4) is 0 Å². The highest BCUT2D eigenvalue weighted by Crippen LogP contribution is 2.55. The SMILES string of the molecule is COC(=O)c1ccc(C2CC3(CCN2Cc2c(OC)cc(C)c4c2ccn4C(=O)OC(C)(C)C)CC(F)C3)cc1. The van der Waals surface area contributed by atoms with E-state index in [4.69, 9.17) is 14.2 Å². The Hall–Kier alpha value is -3.39. The van der Waals surface area contributed by atoms with Crippen LogP contribution in [0.5, 0.6) is 5.75 Å². The molecule has 5 rings (SSSR count). The number of ether oxygens (including phenoxy) is 3. The Balaban J connectivity index is 1.52. The number of likely N-dealkylation sites (tertiary alicyclic amines) is 1. The molecular formula is C32H39FN2O5. The van der Waals surface area contributed by atoms with Gasteiger partial charge >= 0.3 is 12.1 Å². The highest BCUT2D eigenvalue weighted by atomic mass is 19.1. The van der Waals surface area contributed by atoms with Crippen LogP contribution in [0.25, 0.3) is 10.9 Å². The van der Waals surface area contributed by atoms with Crippen molar-refractivity contribution in [1.29, 1.82) is 0 Å². The number of esters is 1. The van der Waals surface area contributed by atoms with E-state index < -0.39 is 17.9 Å². The number of carbonyl (C=O) groups excluding carboxylic acids is 2. The molecule has 3 aromatic rings. The van der Waals surface area contributed by atoms with E-state index in [1.807, 2.05) is 52.0 Å². The van der Waals surface area contributed by atoms with Gasteiger partial charge in [0.05, 0.1) is 25.3 Å². The Labute approximate surface area is 235 Å². The lowest BCUT2D eigenvalue weighted by Crippen LogP contribution is -2.49. The van der Waals surface area contributed by atoms with Gasteiger partial charge in [-0.3, -0.25) is 9.47 Å². The van der Waals surface area contributed by atoms with Crippen LogP contribution in [0.1, 0.15) is 79.5 Å². The van der Waals surface area contributed by atoms with Crippen LogP contribution in [0.2, 0.25) is 0 Å². The van der Waals surface area contributed by atoms with Crippen molar-refractivity contribution in [3.8, 4) is 5.75 Å². The zero-order chi connectivity index (χ0) is 28.8. The number of carbonyl (C=O) groups is 2. The number of piperidine rings is 1. The fraction of sp³-hybridized carbons (Fsp3) is 0.500. The molecule has 214 valence electrons. The number of nitrogens with zero attached hydrogens (tertiary/aromatic N) is 2. The standard InChI is InChI=1S/C32H39FN2O5/c1-20-15-27(38-5)25(24-11-13-35(28(20)24)30(37)40-31(2,3)4)19-34-14-12-32(16-23(33)17-32)18-26(34)21-7-9-22(10-8-21)29(36)39-6/h7-11,13,15,23,26H,12,14,16-19H2,1-6H3. The molecule has 1 spiro atoms. The fourth-order valence-corrected chi connectivity index (χ4v) is 6.48.